The van der Waals surface area contributed by atoms with Crippen LogP contribution in [0.15, 0.2) is 0 Å². The molecule has 0 spiro atoms. The number of carbonyl (C=O) groups excluding carboxylic acids is 3. The summed E-state index contributed by atoms with van der Waals surface area (Å²) in [6, 6.07) is -0.608. The van der Waals surface area contributed by atoms with E-state index in [0.29, 0.717) is 0 Å². The van der Waals surface area contributed by atoms with Crippen LogP contribution in [0.25, 0.3) is 0 Å². The topological polar surface area (TPSA) is 93.7 Å². The number of amides is 2. The van der Waals surface area contributed by atoms with E-state index in [2.05, 4.69) is 10.6 Å². The fraction of sp³-hybridized carbons (Fsp3) is 0.833. The Hall–Kier alpha value is -1.86. The van der Waals surface area contributed by atoms with E-state index in [1.807, 2.05) is 0 Å². The Morgan fingerprint density at radius 2 is 1.42 bits per heavy atom. The maximum Gasteiger partial charge on any atom is 0.407 e. The van der Waals surface area contributed by atoms with Crippen LogP contribution >= 0.6 is 0 Å². The van der Waals surface area contributed by atoms with Gasteiger partial charge in [-0.1, -0.05) is 0 Å². The fourth-order valence-electron chi connectivity index (χ4n) is 1.81. The number of nitrogens with one attached hydrogen (secondary N) is 2. The predicted octanol–water partition coefficient (Wildman–Crippen LogP) is 2.87. The molecule has 0 fully saturated rings. The molecule has 0 aromatic carbocycles. The van der Waals surface area contributed by atoms with Crippen molar-refractivity contribution in [2.24, 2.45) is 0 Å². The number of esters is 1. The fourth-order valence-corrected chi connectivity index (χ4v) is 1.81. The summed E-state index contributed by atoms with van der Waals surface area (Å²) in [6.07, 6.45) is -0.436. The van der Waals surface area contributed by atoms with Crippen LogP contribution in [0.4, 0.5) is 9.18 Å². The van der Waals surface area contributed by atoms with Gasteiger partial charge in [0.2, 0.25) is 0 Å². The summed E-state index contributed by atoms with van der Waals surface area (Å²) in [5.74, 6) is -1.23. The first-order valence-electron chi connectivity index (χ1n) is 8.68. The molecule has 0 aliphatic heterocycles. The number of carbonyl (C=O) groups is 3. The third-order valence-corrected chi connectivity index (χ3v) is 2.89. The van der Waals surface area contributed by atoms with Crippen molar-refractivity contribution in [3.05, 3.63) is 0 Å². The van der Waals surface area contributed by atoms with Gasteiger partial charge in [0.1, 0.15) is 11.2 Å². The Bertz CT molecular complexity index is 501. The second-order valence-corrected chi connectivity index (χ2v) is 8.65. The van der Waals surface area contributed by atoms with Crippen molar-refractivity contribution >= 4 is 18.0 Å². The molecule has 0 heterocycles. The Balaban J connectivity index is 4.80. The number of rotatable bonds is 7. The lowest BCUT2D eigenvalue weighted by Gasteiger charge is -2.25. The third-order valence-electron chi connectivity index (χ3n) is 2.89. The maximum absolute atomic E-state index is 13.6. The molecule has 8 heteroatoms. The highest BCUT2D eigenvalue weighted by Crippen LogP contribution is 2.12. The SMILES string of the molecule is CC(C)(C)OC(=O)CCC(CNC(=O)C(C)(C)F)NC(=O)OC(C)(C)C. The average molecular weight is 376 g/mol. The second-order valence-electron chi connectivity index (χ2n) is 8.65. The summed E-state index contributed by atoms with van der Waals surface area (Å²) in [5.41, 5.74) is -3.34. The number of halogens is 1. The van der Waals surface area contributed by atoms with Gasteiger partial charge in [0.25, 0.3) is 5.91 Å². The van der Waals surface area contributed by atoms with Crippen LogP contribution < -0.4 is 10.6 Å². The number of ether oxygens (including phenoxy) is 2. The van der Waals surface area contributed by atoms with Crippen LogP contribution in [0.2, 0.25) is 0 Å². The van der Waals surface area contributed by atoms with E-state index in [1.165, 1.54) is 0 Å². The standard InChI is InChI=1S/C18H33FN2O5/c1-16(2,3)25-13(22)10-9-12(11-20-14(23)18(7,8)19)21-15(24)26-17(4,5)6/h12H,9-11H2,1-8H3,(H,20,23)(H,21,24). The lowest BCUT2D eigenvalue weighted by Crippen LogP contribution is -2.48. The molecular formula is C18H33FN2O5. The lowest BCUT2D eigenvalue weighted by molar-refractivity contribution is -0.155. The van der Waals surface area contributed by atoms with E-state index in [1.54, 1.807) is 41.5 Å². The highest BCUT2D eigenvalue weighted by atomic mass is 19.1. The van der Waals surface area contributed by atoms with Gasteiger partial charge in [0, 0.05) is 13.0 Å². The molecule has 0 bridgehead atoms. The summed E-state index contributed by atoms with van der Waals surface area (Å²) in [5, 5.41) is 5.02. The van der Waals surface area contributed by atoms with Gasteiger partial charge < -0.3 is 20.1 Å². The smallest absolute Gasteiger partial charge is 0.407 e. The molecule has 26 heavy (non-hydrogen) atoms. The Labute approximate surface area is 155 Å². The van der Waals surface area contributed by atoms with Gasteiger partial charge in [-0.05, 0) is 61.8 Å². The number of hydrogen-bond acceptors (Lipinski definition) is 5. The minimum atomic E-state index is -2.04. The molecule has 0 radical (unpaired) electrons. The average Bonchev–Trinajstić information content (AvgIpc) is 2.36. The number of hydrogen-bond donors (Lipinski definition) is 2. The van der Waals surface area contributed by atoms with Crippen molar-refractivity contribution in [2.75, 3.05) is 6.54 Å². The molecule has 0 saturated carbocycles. The van der Waals surface area contributed by atoms with Gasteiger partial charge in [0.15, 0.2) is 5.67 Å². The molecule has 1 unspecified atom stereocenters. The van der Waals surface area contributed by atoms with Crippen molar-refractivity contribution in [3.8, 4) is 0 Å². The third kappa shape index (κ3) is 12.5. The Kier molecular flexibility index (Phi) is 8.53. The summed E-state index contributed by atoms with van der Waals surface area (Å²) >= 11 is 0. The van der Waals surface area contributed by atoms with Gasteiger partial charge in [-0.15, -0.1) is 0 Å². The zero-order valence-electron chi connectivity index (χ0n) is 17.1. The first-order chi connectivity index (χ1) is 11.5. The molecule has 2 N–H and O–H groups in total. The molecule has 152 valence electrons. The quantitative estimate of drug-likeness (QED) is 0.667. The molecule has 1 atom stereocenters. The zero-order chi connectivity index (χ0) is 20.8. The van der Waals surface area contributed by atoms with Crippen LogP contribution in [0.1, 0.15) is 68.2 Å². The molecule has 0 rings (SSSR count). The highest BCUT2D eigenvalue weighted by Gasteiger charge is 2.28. The van der Waals surface area contributed by atoms with Crippen molar-refractivity contribution in [1.82, 2.24) is 10.6 Å². The van der Waals surface area contributed by atoms with Crippen molar-refractivity contribution in [1.29, 1.82) is 0 Å². The van der Waals surface area contributed by atoms with Crippen LogP contribution in [0, 0.1) is 0 Å². The largest absolute Gasteiger partial charge is 0.460 e. The maximum atomic E-state index is 13.6. The lowest BCUT2D eigenvalue weighted by atomic mass is 10.1. The Morgan fingerprint density at radius 1 is 0.923 bits per heavy atom. The van der Waals surface area contributed by atoms with Crippen molar-refractivity contribution in [2.45, 2.75) is 91.1 Å². The minimum Gasteiger partial charge on any atom is -0.460 e. The van der Waals surface area contributed by atoms with E-state index in [4.69, 9.17) is 9.47 Å². The van der Waals surface area contributed by atoms with Crippen LogP contribution in [-0.2, 0) is 19.1 Å². The van der Waals surface area contributed by atoms with Crippen LogP contribution in [-0.4, -0.2) is 47.4 Å². The monoisotopic (exact) mass is 376 g/mol. The molecule has 0 aromatic heterocycles. The van der Waals surface area contributed by atoms with E-state index >= 15 is 0 Å². The van der Waals surface area contributed by atoms with E-state index < -0.39 is 40.9 Å². The van der Waals surface area contributed by atoms with Gasteiger partial charge in [-0.2, -0.15) is 0 Å². The number of alkyl halides is 1. The molecule has 0 aliphatic carbocycles. The van der Waals surface area contributed by atoms with E-state index in [9.17, 15) is 18.8 Å². The summed E-state index contributed by atoms with van der Waals surface area (Å²) in [4.78, 5) is 35.5. The molecule has 0 saturated heterocycles. The summed E-state index contributed by atoms with van der Waals surface area (Å²) in [7, 11) is 0. The predicted molar refractivity (Wildman–Crippen MR) is 96.4 cm³/mol. The van der Waals surface area contributed by atoms with Crippen LogP contribution in [0.5, 0.6) is 0 Å². The van der Waals surface area contributed by atoms with Crippen LogP contribution in [0.3, 0.4) is 0 Å². The van der Waals surface area contributed by atoms with Crippen molar-refractivity contribution in [3.63, 3.8) is 0 Å². The van der Waals surface area contributed by atoms with Gasteiger partial charge in [-0.3, -0.25) is 9.59 Å². The normalized spacial score (nSPS) is 13.6. The second kappa shape index (κ2) is 9.19. The van der Waals surface area contributed by atoms with Gasteiger partial charge >= 0.3 is 12.1 Å². The van der Waals surface area contributed by atoms with E-state index in [-0.39, 0.29) is 19.4 Å². The van der Waals surface area contributed by atoms with Gasteiger partial charge in [0.05, 0.1) is 6.04 Å². The first-order valence-corrected chi connectivity index (χ1v) is 8.68. The summed E-state index contributed by atoms with van der Waals surface area (Å²) in [6.45, 7) is 12.7. The van der Waals surface area contributed by atoms with Crippen molar-refractivity contribution < 1.29 is 28.2 Å². The zero-order valence-corrected chi connectivity index (χ0v) is 17.1. The molecule has 2 amide bonds. The molecule has 7 nitrogen and oxygen atoms in total. The Morgan fingerprint density at radius 3 is 1.85 bits per heavy atom. The highest BCUT2D eigenvalue weighted by molar-refractivity contribution is 5.84. The molecular weight excluding hydrogens is 343 g/mol. The number of alkyl carbamates (subject to hydrolysis) is 1. The minimum absolute atomic E-state index is 0.0335. The van der Waals surface area contributed by atoms with E-state index in [0.717, 1.165) is 13.8 Å². The summed E-state index contributed by atoms with van der Waals surface area (Å²) < 4.78 is 24.0. The molecule has 0 aliphatic rings. The first kappa shape index (κ1) is 24.1. The molecule has 0 aromatic rings. The van der Waals surface area contributed by atoms with Gasteiger partial charge in [-0.25, -0.2) is 9.18 Å².